The summed E-state index contributed by atoms with van der Waals surface area (Å²) < 4.78 is 5.34. The molecule has 0 bridgehead atoms. The largest absolute Gasteiger partial charge is 0.476 e. The fourth-order valence-corrected chi connectivity index (χ4v) is 2.26. The number of nitrogens with one attached hydrogen (secondary N) is 1. The maximum atomic E-state index is 10.7. The highest BCUT2D eigenvalue weighted by Gasteiger charge is 2.12. The first-order chi connectivity index (χ1) is 11.2. The molecule has 23 heavy (non-hydrogen) atoms. The second kappa shape index (κ2) is 7.01. The number of rotatable bonds is 5. The van der Waals surface area contributed by atoms with Crippen molar-refractivity contribution in [2.75, 3.05) is 36.5 Å². The van der Waals surface area contributed by atoms with Gasteiger partial charge in [0.05, 0.1) is 25.6 Å². The number of pyridine rings is 1. The fourth-order valence-electron chi connectivity index (χ4n) is 2.26. The highest BCUT2D eigenvalue weighted by atomic mass is 16.5. The van der Waals surface area contributed by atoms with Gasteiger partial charge in [-0.15, -0.1) is 0 Å². The normalized spacial score (nSPS) is 14.5. The van der Waals surface area contributed by atoms with Gasteiger partial charge >= 0.3 is 5.97 Å². The summed E-state index contributed by atoms with van der Waals surface area (Å²) in [6.07, 6.45) is 4.42. The Morgan fingerprint density at radius 1 is 1.26 bits per heavy atom. The van der Waals surface area contributed by atoms with Gasteiger partial charge in [0.15, 0.2) is 5.69 Å². The molecular weight excluding hydrogens is 298 g/mol. The molecule has 2 aromatic rings. The molecule has 2 N–H and O–H groups in total. The number of hydrogen-bond acceptors (Lipinski definition) is 7. The van der Waals surface area contributed by atoms with Crippen LogP contribution < -0.4 is 10.2 Å². The molecule has 3 rings (SSSR count). The fraction of sp³-hybridized carbons (Fsp3) is 0.333. The molecule has 0 radical (unpaired) electrons. The van der Waals surface area contributed by atoms with Crippen molar-refractivity contribution in [1.29, 1.82) is 0 Å². The Hall–Kier alpha value is -2.74. The third-order valence-electron chi connectivity index (χ3n) is 3.49. The molecule has 1 aliphatic heterocycles. The summed E-state index contributed by atoms with van der Waals surface area (Å²) in [4.78, 5) is 25.2. The van der Waals surface area contributed by atoms with E-state index in [0.29, 0.717) is 12.4 Å². The number of nitrogens with zero attached hydrogens (tertiary/aromatic N) is 4. The minimum Gasteiger partial charge on any atom is -0.476 e. The molecule has 0 atom stereocenters. The van der Waals surface area contributed by atoms with E-state index < -0.39 is 5.97 Å². The van der Waals surface area contributed by atoms with Crippen LogP contribution in [0.25, 0.3) is 0 Å². The van der Waals surface area contributed by atoms with Crippen molar-refractivity contribution < 1.29 is 14.6 Å². The number of ether oxygens (including phenoxy) is 1. The number of aromatic carboxylic acids is 1. The Morgan fingerprint density at radius 3 is 2.78 bits per heavy atom. The van der Waals surface area contributed by atoms with Gasteiger partial charge < -0.3 is 20.1 Å². The van der Waals surface area contributed by atoms with Crippen molar-refractivity contribution in [1.82, 2.24) is 15.0 Å². The van der Waals surface area contributed by atoms with Crippen LogP contribution >= 0.6 is 0 Å². The van der Waals surface area contributed by atoms with E-state index in [4.69, 9.17) is 9.84 Å². The van der Waals surface area contributed by atoms with Gasteiger partial charge in [-0.05, 0) is 17.7 Å². The summed E-state index contributed by atoms with van der Waals surface area (Å²) in [5, 5.41) is 11.9. The number of carboxylic acids is 1. The molecule has 0 spiro atoms. The predicted molar refractivity (Wildman–Crippen MR) is 83.6 cm³/mol. The Balaban J connectivity index is 1.62. The smallest absolute Gasteiger partial charge is 0.356 e. The van der Waals surface area contributed by atoms with Crippen molar-refractivity contribution in [2.24, 2.45) is 0 Å². The second-order valence-corrected chi connectivity index (χ2v) is 5.07. The molecule has 1 saturated heterocycles. The number of aromatic nitrogens is 3. The molecule has 3 heterocycles. The average molecular weight is 315 g/mol. The van der Waals surface area contributed by atoms with Gasteiger partial charge in [0.2, 0.25) is 0 Å². The summed E-state index contributed by atoms with van der Waals surface area (Å²) in [5.41, 5.74) is 0.986. The van der Waals surface area contributed by atoms with Crippen LogP contribution in [0.5, 0.6) is 0 Å². The number of morpholine rings is 1. The molecular formula is C15H17N5O3. The van der Waals surface area contributed by atoms with Gasteiger partial charge in [-0.2, -0.15) is 0 Å². The van der Waals surface area contributed by atoms with Crippen LogP contribution in [0, 0.1) is 0 Å². The first-order valence-corrected chi connectivity index (χ1v) is 7.29. The van der Waals surface area contributed by atoms with Gasteiger partial charge in [-0.1, -0.05) is 0 Å². The van der Waals surface area contributed by atoms with Gasteiger partial charge in [0, 0.05) is 25.8 Å². The highest BCUT2D eigenvalue weighted by molar-refractivity contribution is 5.84. The standard InChI is InChI=1S/C15H17N5O3/c21-15(22)12-9-19-13(10-17-12)18-8-11-1-2-16-14(7-11)20-3-5-23-6-4-20/h1-2,7,9-10H,3-6,8H2,(H,18,19)(H,21,22). The van der Waals surface area contributed by atoms with E-state index in [9.17, 15) is 4.79 Å². The van der Waals surface area contributed by atoms with Crippen LogP contribution in [-0.2, 0) is 11.3 Å². The van der Waals surface area contributed by atoms with Crippen LogP contribution in [0.3, 0.4) is 0 Å². The van der Waals surface area contributed by atoms with Gasteiger partial charge in [-0.25, -0.2) is 19.7 Å². The molecule has 0 unspecified atom stereocenters. The highest BCUT2D eigenvalue weighted by Crippen LogP contribution is 2.15. The molecule has 0 saturated carbocycles. The zero-order valence-electron chi connectivity index (χ0n) is 12.5. The zero-order valence-corrected chi connectivity index (χ0v) is 12.5. The molecule has 1 aliphatic rings. The first kappa shape index (κ1) is 15.2. The van der Waals surface area contributed by atoms with E-state index in [0.717, 1.165) is 37.7 Å². The quantitative estimate of drug-likeness (QED) is 0.843. The molecule has 8 nitrogen and oxygen atoms in total. The summed E-state index contributed by atoms with van der Waals surface area (Å²) in [7, 11) is 0. The van der Waals surface area contributed by atoms with Crippen LogP contribution in [0.2, 0.25) is 0 Å². The number of anilines is 2. The molecule has 0 aliphatic carbocycles. The van der Waals surface area contributed by atoms with Crippen LogP contribution in [-0.4, -0.2) is 52.3 Å². The molecule has 120 valence electrons. The average Bonchev–Trinajstić information content (AvgIpc) is 2.61. The van der Waals surface area contributed by atoms with E-state index in [2.05, 4.69) is 25.2 Å². The van der Waals surface area contributed by atoms with Crippen molar-refractivity contribution >= 4 is 17.6 Å². The zero-order chi connectivity index (χ0) is 16.1. The topological polar surface area (TPSA) is 100 Å². The maximum Gasteiger partial charge on any atom is 0.356 e. The van der Waals surface area contributed by atoms with E-state index in [-0.39, 0.29) is 5.69 Å². The molecule has 2 aromatic heterocycles. The van der Waals surface area contributed by atoms with Gasteiger partial charge in [0.1, 0.15) is 11.6 Å². The lowest BCUT2D eigenvalue weighted by atomic mass is 10.2. The van der Waals surface area contributed by atoms with Crippen LogP contribution in [0.15, 0.2) is 30.7 Å². The van der Waals surface area contributed by atoms with E-state index in [1.807, 2.05) is 12.1 Å². The third-order valence-corrected chi connectivity index (χ3v) is 3.49. The van der Waals surface area contributed by atoms with Gasteiger partial charge in [0.25, 0.3) is 0 Å². The Kier molecular flexibility index (Phi) is 4.62. The minimum absolute atomic E-state index is 0.0749. The Bertz CT molecular complexity index is 671. The Morgan fingerprint density at radius 2 is 2.09 bits per heavy atom. The summed E-state index contributed by atoms with van der Waals surface area (Å²) >= 11 is 0. The summed E-state index contributed by atoms with van der Waals surface area (Å²) in [6.45, 7) is 3.67. The third kappa shape index (κ3) is 3.92. The van der Waals surface area contributed by atoms with E-state index in [1.54, 1.807) is 6.20 Å². The number of carboxylic acid groups (broad SMARTS) is 1. The molecule has 8 heteroatoms. The lowest BCUT2D eigenvalue weighted by molar-refractivity contribution is 0.0690. The second-order valence-electron chi connectivity index (χ2n) is 5.07. The maximum absolute atomic E-state index is 10.7. The van der Waals surface area contributed by atoms with Crippen molar-refractivity contribution in [3.8, 4) is 0 Å². The van der Waals surface area contributed by atoms with E-state index >= 15 is 0 Å². The number of carbonyl (C=O) groups is 1. The minimum atomic E-state index is -1.09. The van der Waals surface area contributed by atoms with Crippen molar-refractivity contribution in [3.05, 3.63) is 42.0 Å². The summed E-state index contributed by atoms with van der Waals surface area (Å²) in [6, 6.07) is 3.95. The predicted octanol–water partition coefficient (Wildman–Crippen LogP) is 1.02. The van der Waals surface area contributed by atoms with Crippen LogP contribution in [0.1, 0.15) is 16.1 Å². The van der Waals surface area contributed by atoms with Crippen LogP contribution in [0.4, 0.5) is 11.6 Å². The monoisotopic (exact) mass is 315 g/mol. The SMILES string of the molecule is O=C(O)c1cnc(NCc2ccnc(N3CCOCC3)c2)cn1. The molecule has 0 aromatic carbocycles. The lowest BCUT2D eigenvalue weighted by Gasteiger charge is -2.28. The summed E-state index contributed by atoms with van der Waals surface area (Å²) in [5.74, 6) is 0.369. The van der Waals surface area contributed by atoms with Crippen molar-refractivity contribution in [2.45, 2.75) is 6.54 Å². The number of hydrogen-bond donors (Lipinski definition) is 2. The first-order valence-electron chi connectivity index (χ1n) is 7.29. The Labute approximate surface area is 133 Å². The van der Waals surface area contributed by atoms with E-state index in [1.165, 1.54) is 12.4 Å². The molecule has 0 amide bonds. The van der Waals surface area contributed by atoms with Crippen molar-refractivity contribution in [3.63, 3.8) is 0 Å². The van der Waals surface area contributed by atoms with Gasteiger partial charge in [-0.3, -0.25) is 0 Å². The lowest BCUT2D eigenvalue weighted by Crippen LogP contribution is -2.36. The molecule has 1 fully saturated rings.